The van der Waals surface area contributed by atoms with Crippen LogP contribution in [0.3, 0.4) is 0 Å². The van der Waals surface area contributed by atoms with E-state index in [1.54, 1.807) is 48.7 Å². The average molecular weight is 581 g/mol. The van der Waals surface area contributed by atoms with Gasteiger partial charge >= 0.3 is 0 Å². The zero-order valence-corrected chi connectivity index (χ0v) is 22.7. The number of rotatable bonds is 7. The molecule has 0 amide bonds. The number of aromatic nitrogens is 2. The Morgan fingerprint density at radius 2 is 1.95 bits per heavy atom. The molecule has 0 atom stereocenters. The van der Waals surface area contributed by atoms with Crippen LogP contribution in [0.2, 0.25) is 5.02 Å². The van der Waals surface area contributed by atoms with Crippen LogP contribution in [0, 0.1) is 0 Å². The molecule has 188 valence electrons. The maximum atomic E-state index is 13.5. The third-order valence-electron chi connectivity index (χ3n) is 5.49. The van der Waals surface area contributed by atoms with E-state index in [1.807, 2.05) is 39.0 Å². The molecule has 2 heterocycles. The lowest BCUT2D eigenvalue weighted by Gasteiger charge is -2.16. The van der Waals surface area contributed by atoms with Gasteiger partial charge in [-0.2, -0.15) is 9.78 Å². The van der Waals surface area contributed by atoms with Crippen molar-refractivity contribution in [2.75, 3.05) is 6.61 Å². The maximum absolute atomic E-state index is 13.5. The van der Waals surface area contributed by atoms with Crippen molar-refractivity contribution in [3.63, 3.8) is 0 Å². The number of hydrogen-bond acceptors (Lipinski definition) is 6. The Balaban J connectivity index is 1.66. The second kappa shape index (κ2) is 10.4. The fourth-order valence-electron chi connectivity index (χ4n) is 3.90. The molecule has 0 fully saturated rings. The van der Waals surface area contributed by atoms with Crippen molar-refractivity contribution in [1.29, 1.82) is 0 Å². The van der Waals surface area contributed by atoms with Gasteiger partial charge in [-0.05, 0) is 85.2 Å². The normalized spacial score (nSPS) is 11.7. The molecule has 2 aromatic heterocycles. The molecule has 0 spiro atoms. The van der Waals surface area contributed by atoms with Gasteiger partial charge in [0.05, 0.1) is 29.8 Å². The summed E-state index contributed by atoms with van der Waals surface area (Å²) >= 11 is 9.74. The summed E-state index contributed by atoms with van der Waals surface area (Å²) in [5.74, 6) is 1.87. The molecule has 0 radical (unpaired) electrons. The van der Waals surface area contributed by atoms with Crippen molar-refractivity contribution in [2.24, 2.45) is 5.10 Å². The molecule has 0 saturated carbocycles. The highest BCUT2D eigenvalue weighted by atomic mass is 79.9. The lowest BCUT2D eigenvalue weighted by atomic mass is 10.2. The molecule has 0 N–H and O–H groups in total. The maximum Gasteiger partial charge on any atom is 0.282 e. The number of nitrogens with zero attached hydrogens (tertiary/aromatic N) is 3. The van der Waals surface area contributed by atoms with E-state index in [0.29, 0.717) is 50.9 Å². The third-order valence-corrected chi connectivity index (χ3v) is 6.41. The summed E-state index contributed by atoms with van der Waals surface area (Å²) in [6, 6.07) is 17.9. The van der Waals surface area contributed by atoms with E-state index in [9.17, 15) is 4.79 Å². The Morgan fingerprint density at radius 3 is 2.73 bits per heavy atom. The van der Waals surface area contributed by atoms with Crippen molar-refractivity contribution in [1.82, 2.24) is 9.66 Å². The molecule has 5 aromatic rings. The predicted molar refractivity (Wildman–Crippen MR) is 150 cm³/mol. The Kier molecular flexibility index (Phi) is 7.04. The quantitative estimate of drug-likeness (QED) is 0.189. The van der Waals surface area contributed by atoms with Crippen LogP contribution in [0.25, 0.3) is 33.5 Å². The fourth-order valence-corrected chi connectivity index (χ4v) is 4.50. The van der Waals surface area contributed by atoms with Crippen LogP contribution in [0.4, 0.5) is 0 Å². The van der Waals surface area contributed by atoms with Crippen LogP contribution in [0.15, 0.2) is 79.4 Å². The second-order valence-electron chi connectivity index (χ2n) is 8.53. The van der Waals surface area contributed by atoms with Gasteiger partial charge in [-0.15, -0.1) is 0 Å². The standard InChI is InChI=1S/C28H23BrClN3O4/c1-4-35-24-13-18(21(29)14-25(24)36-16(2)3)15-31-33-27(32-22-8-6-5-7-20(22)28(33)34)26-12-17-11-19(30)9-10-23(17)37-26/h5-16H,4H2,1-3H3. The first-order valence-electron chi connectivity index (χ1n) is 11.7. The van der Waals surface area contributed by atoms with Crippen molar-refractivity contribution >= 4 is 55.6 Å². The van der Waals surface area contributed by atoms with Gasteiger partial charge in [0, 0.05) is 20.4 Å². The Bertz CT molecular complexity index is 1710. The molecular weight excluding hydrogens is 558 g/mol. The second-order valence-corrected chi connectivity index (χ2v) is 9.82. The van der Waals surface area contributed by atoms with Gasteiger partial charge in [-0.1, -0.05) is 23.7 Å². The minimum Gasteiger partial charge on any atom is -0.490 e. The molecule has 0 unspecified atom stereocenters. The summed E-state index contributed by atoms with van der Waals surface area (Å²) in [6.45, 7) is 6.28. The first-order valence-corrected chi connectivity index (χ1v) is 12.9. The molecule has 9 heteroatoms. The highest BCUT2D eigenvalue weighted by molar-refractivity contribution is 9.10. The van der Waals surface area contributed by atoms with Gasteiger partial charge in [-0.25, -0.2) is 4.98 Å². The van der Waals surface area contributed by atoms with Gasteiger partial charge in [0.15, 0.2) is 17.3 Å². The molecule has 5 rings (SSSR count). The van der Waals surface area contributed by atoms with E-state index < -0.39 is 0 Å². The highest BCUT2D eigenvalue weighted by Gasteiger charge is 2.17. The number of furan rings is 1. The summed E-state index contributed by atoms with van der Waals surface area (Å²) in [4.78, 5) is 18.3. The SMILES string of the molecule is CCOc1cc(C=Nn2c(-c3cc4cc(Cl)ccc4o3)nc3ccccc3c2=O)c(Br)cc1OC(C)C. The first kappa shape index (κ1) is 25.0. The van der Waals surface area contributed by atoms with Crippen LogP contribution in [-0.4, -0.2) is 28.6 Å². The molecule has 7 nitrogen and oxygen atoms in total. The molecular formula is C28H23BrClN3O4. The Morgan fingerprint density at radius 1 is 1.14 bits per heavy atom. The number of halogens is 2. The van der Waals surface area contributed by atoms with E-state index in [0.717, 1.165) is 9.86 Å². The number of hydrogen-bond donors (Lipinski definition) is 0. The van der Waals surface area contributed by atoms with Gasteiger partial charge in [0.25, 0.3) is 5.56 Å². The largest absolute Gasteiger partial charge is 0.490 e. The smallest absolute Gasteiger partial charge is 0.282 e. The van der Waals surface area contributed by atoms with Crippen molar-refractivity contribution in [3.8, 4) is 23.1 Å². The summed E-state index contributed by atoms with van der Waals surface area (Å²) in [7, 11) is 0. The fraction of sp³-hybridized carbons (Fsp3) is 0.179. The summed E-state index contributed by atoms with van der Waals surface area (Å²) in [5.41, 5.74) is 1.54. The molecule has 37 heavy (non-hydrogen) atoms. The van der Waals surface area contributed by atoms with Crippen molar-refractivity contribution in [2.45, 2.75) is 26.9 Å². The van der Waals surface area contributed by atoms with Crippen molar-refractivity contribution in [3.05, 3.63) is 86.1 Å². The third kappa shape index (κ3) is 5.12. The highest BCUT2D eigenvalue weighted by Crippen LogP contribution is 2.34. The first-order chi connectivity index (χ1) is 17.8. The molecule has 0 aliphatic rings. The number of benzene rings is 3. The van der Waals surface area contributed by atoms with E-state index >= 15 is 0 Å². The molecule has 0 bridgehead atoms. The van der Waals surface area contributed by atoms with Crippen LogP contribution in [0.1, 0.15) is 26.3 Å². The van der Waals surface area contributed by atoms with Crippen LogP contribution in [0.5, 0.6) is 11.5 Å². The zero-order chi connectivity index (χ0) is 26.1. The van der Waals surface area contributed by atoms with Crippen molar-refractivity contribution < 1.29 is 13.9 Å². The van der Waals surface area contributed by atoms with E-state index in [-0.39, 0.29) is 17.5 Å². The minimum absolute atomic E-state index is 0.0193. The predicted octanol–water partition coefficient (Wildman–Crippen LogP) is 7.29. The van der Waals surface area contributed by atoms with Crippen LogP contribution < -0.4 is 15.0 Å². The number of para-hydroxylation sites is 1. The zero-order valence-electron chi connectivity index (χ0n) is 20.4. The van der Waals surface area contributed by atoms with Gasteiger partial charge < -0.3 is 13.9 Å². The topological polar surface area (TPSA) is 78.9 Å². The number of fused-ring (bicyclic) bond motifs is 2. The van der Waals surface area contributed by atoms with Gasteiger partial charge in [0.2, 0.25) is 5.82 Å². The van der Waals surface area contributed by atoms with Crippen LogP contribution in [-0.2, 0) is 0 Å². The average Bonchev–Trinajstić information content (AvgIpc) is 3.28. The minimum atomic E-state index is -0.323. The number of ether oxygens (including phenoxy) is 2. The van der Waals surface area contributed by atoms with Gasteiger partial charge in [0.1, 0.15) is 5.58 Å². The summed E-state index contributed by atoms with van der Waals surface area (Å²) in [5, 5.41) is 6.37. The van der Waals surface area contributed by atoms with Gasteiger partial charge in [-0.3, -0.25) is 4.79 Å². The monoisotopic (exact) mass is 579 g/mol. The molecule has 0 aliphatic heterocycles. The molecule has 0 saturated heterocycles. The Labute approximate surface area is 226 Å². The van der Waals surface area contributed by atoms with E-state index in [2.05, 4.69) is 21.0 Å². The van der Waals surface area contributed by atoms with Crippen LogP contribution >= 0.6 is 27.5 Å². The summed E-state index contributed by atoms with van der Waals surface area (Å²) in [6.07, 6.45) is 1.56. The van der Waals surface area contributed by atoms with E-state index in [1.165, 1.54) is 4.68 Å². The lowest BCUT2D eigenvalue weighted by molar-refractivity contribution is 0.223. The Hall–Kier alpha value is -3.62. The molecule has 0 aliphatic carbocycles. The summed E-state index contributed by atoms with van der Waals surface area (Å²) < 4.78 is 19.7. The van der Waals surface area contributed by atoms with E-state index in [4.69, 9.17) is 30.5 Å². The molecule has 3 aromatic carbocycles. The lowest BCUT2D eigenvalue weighted by Crippen LogP contribution is -2.20.